The first-order chi connectivity index (χ1) is 66.5. The summed E-state index contributed by atoms with van der Waals surface area (Å²) in [7, 11) is 3.67. The molecule has 0 aliphatic carbocycles. The summed E-state index contributed by atoms with van der Waals surface area (Å²) < 4.78 is 1.38. The molecule has 6 aromatic rings. The number of primary amides is 2. The van der Waals surface area contributed by atoms with Gasteiger partial charge in [-0.25, -0.2) is 0 Å². The summed E-state index contributed by atoms with van der Waals surface area (Å²) in [5.74, 6) is -21.5. The number of para-hydroxylation sites is 2. The molecule has 7 heterocycles. The van der Waals surface area contributed by atoms with Crippen LogP contribution >= 0.6 is 11.8 Å². The summed E-state index contributed by atoms with van der Waals surface area (Å²) in [6.07, 6.45) is -1.27. The second-order valence-corrected chi connectivity index (χ2v) is 38.4. The van der Waals surface area contributed by atoms with Crippen LogP contribution in [0.15, 0.2) is 94.8 Å². The molecule has 45 heteroatoms. The smallest absolute Gasteiger partial charge is 0.323 e. The number of aliphatic carboxylic acids is 1. The number of nitrogens with zero attached hydrogens (tertiary/aromatic N) is 7. The lowest BCUT2D eigenvalue weighted by Gasteiger charge is -2.38. The van der Waals surface area contributed by atoms with E-state index in [1.54, 1.807) is 82.4 Å². The van der Waals surface area contributed by atoms with E-state index in [-0.39, 0.29) is 74.3 Å². The highest BCUT2D eigenvalue weighted by Gasteiger charge is 2.48. The van der Waals surface area contributed by atoms with E-state index in [9.17, 15) is 44.1 Å². The Morgan fingerprint density at radius 2 is 1.11 bits per heavy atom. The number of aromatic hydroxyl groups is 1. The maximum absolute atomic E-state index is 16.9. The molecule has 0 saturated carbocycles. The first-order valence-electron chi connectivity index (χ1n) is 47.2. The van der Waals surface area contributed by atoms with E-state index in [0.29, 0.717) is 46.6 Å². The number of carbonyl (C=O) groups excluding carboxylic acids is 17. The number of aliphatic hydroxyl groups is 1. The van der Waals surface area contributed by atoms with Gasteiger partial charge in [-0.15, -0.1) is 11.8 Å². The van der Waals surface area contributed by atoms with Crippen molar-refractivity contribution in [2.24, 2.45) is 23.3 Å². The Hall–Kier alpha value is -14.0. The van der Waals surface area contributed by atoms with E-state index in [1.807, 2.05) is 13.8 Å². The van der Waals surface area contributed by atoms with Crippen molar-refractivity contribution in [3.8, 4) is 5.75 Å². The summed E-state index contributed by atoms with van der Waals surface area (Å²) in [5.41, 5.74) is 9.14. The van der Waals surface area contributed by atoms with Crippen molar-refractivity contribution in [3.05, 3.63) is 122 Å². The van der Waals surface area contributed by atoms with E-state index in [2.05, 4.69) is 63.5 Å². The van der Waals surface area contributed by atoms with E-state index < -0.39 is 315 Å². The van der Waals surface area contributed by atoms with Crippen molar-refractivity contribution in [1.82, 2.24) is 87.2 Å². The van der Waals surface area contributed by atoms with Gasteiger partial charge in [0.05, 0.1) is 24.8 Å². The number of H-pyrrole nitrogens is 1. The number of unbranched alkanes of at least 4 members (excludes halogenated alkanes) is 2. The van der Waals surface area contributed by atoms with E-state index in [4.69, 9.17) is 11.5 Å². The largest absolute Gasteiger partial charge is 0.508 e. The molecule has 19 N–H and O–H groups in total. The van der Waals surface area contributed by atoms with Gasteiger partial charge in [-0.3, -0.25) is 95.9 Å². The van der Waals surface area contributed by atoms with Crippen molar-refractivity contribution in [3.63, 3.8) is 0 Å². The molecule has 11 rings (SSSR count). The van der Waals surface area contributed by atoms with Gasteiger partial charge in [0.15, 0.2) is 0 Å². The number of aliphatic hydroxyl groups excluding tert-OH is 1. The molecule has 17 amide bonds. The second-order valence-electron chi connectivity index (χ2n) is 37.3. The SMILES string of the molecule is CCCC[C@H]1C(=O)N(C)[C@@H](CCCC)C(=O)N[C@@H](CC(C)C)C(=O)N[C@H](C(=O)NCC(N)=O)CSCC(=O)N[C@@H](Cc2ccc(O)cc2)C(=O)N(C)[C@H]2CN3CC[C@H](NC(=O)[C@H](Cc4c[nH]c5ccccc45)NC(=O)[C@@H]4C[C@@H](O)CN4C(=O)[C@H](CC(C)C)NC(=O)[C@H](CNc4c3c(=O)c4=O)NC(=O)[C@@H]3CCCN3C(=O)[C@H](CC(N)=O)NC2=O)C(=O)N[C@@H](Cc2cn(CC(=O)O)c3ccccc23)C(=O)N1C. The topological polar surface area (TPSA) is 627 Å². The summed E-state index contributed by atoms with van der Waals surface area (Å²) in [4.78, 5) is 313. The minimum Gasteiger partial charge on any atom is -0.508 e. The fourth-order valence-corrected chi connectivity index (χ4v) is 19.5. The molecule has 0 unspecified atom stereocenters. The van der Waals surface area contributed by atoms with Gasteiger partial charge in [-0.1, -0.05) is 116 Å². The number of carboxylic acids is 1. The number of benzene rings is 3. The monoisotopic (exact) mass is 1960 g/mol. The molecular weight excluding hydrogens is 1840 g/mol. The lowest BCUT2D eigenvalue weighted by Crippen LogP contribution is -2.63. The highest BCUT2D eigenvalue weighted by Crippen LogP contribution is 2.31. The average molecular weight is 1960 g/mol. The summed E-state index contributed by atoms with van der Waals surface area (Å²) in [6.45, 7) is 5.59. The Kier molecular flexibility index (Phi) is 36.5. The fourth-order valence-electron chi connectivity index (χ4n) is 18.6. The highest BCUT2D eigenvalue weighted by molar-refractivity contribution is 8.00. The number of carbonyl (C=O) groups is 18. The lowest BCUT2D eigenvalue weighted by molar-refractivity contribution is -0.149. The number of phenols is 1. The maximum atomic E-state index is 16.9. The first-order valence-corrected chi connectivity index (χ1v) is 48.4. The van der Waals surface area contributed by atoms with Crippen LogP contribution in [-0.4, -0.2) is 318 Å². The van der Waals surface area contributed by atoms with Crippen molar-refractivity contribution in [2.75, 3.05) is 82.1 Å². The number of likely N-dealkylation sites (N-methyl/N-ethyl adjacent to an activating group) is 3. The highest BCUT2D eigenvalue weighted by atomic mass is 32.2. The standard InChI is InChI=1S/C95H127N21O23S/c1-10-12-22-69-87(131)103-60(33-49(3)4)84(128)109-67(82(126)100-42-75(97)120)47-140-48-76(121)101-63(35-51-26-28-54(117)29-27-51)91(135)112(9)73-45-113-32-30-59(83(127)106-64(92(136)111(8)71(23-13-11-2)95(139)110(69)7)37-53-43-114(46-77(122)123)68-24-17-15-20-57(53)68)102-85(129)61(36-52-40-98-58-21-16-14-19-56(52)58)104-89(133)72-38-55(118)44-116(72)94(138)62(34-50(5)6)105-86(130)66(41-99-78-79(113)81(125)80(78)124)108-88(132)70-25-18-31-115(70)93(137)65(39-74(96)119)107-90(73)134/h14-17,19-21,24,26-29,40,43,49-50,55,59-67,69-73,98-99,117-118H,10-13,18,22-23,25,30-39,41-42,44-48H2,1-9H3,(H2,96,119)(H2,97,120)(H,100,126)(H,101,121)(H,102,129)(H,103,131)(H,104,133)(H,105,130)(H,106,127)(H,107,134)(H,108,132)(H,109,128)(H,122,123)/t55-,59+,60+,61+,62+,63+,64+,65+,66+,67+,69+,70+,71+,72+,73+/m1/s1. The summed E-state index contributed by atoms with van der Waals surface area (Å²) in [5, 5.41) is 63.1. The third-order valence-electron chi connectivity index (χ3n) is 26.0. The number of nitrogens with one attached hydrogen (secondary N) is 12. The van der Waals surface area contributed by atoms with Crippen LogP contribution in [0.4, 0.5) is 11.4 Å². The van der Waals surface area contributed by atoms with Gasteiger partial charge in [0, 0.05) is 120 Å². The van der Waals surface area contributed by atoms with Gasteiger partial charge < -0.3 is 124 Å². The van der Waals surface area contributed by atoms with Gasteiger partial charge in [0.1, 0.15) is 108 Å². The van der Waals surface area contributed by atoms with Crippen molar-refractivity contribution >= 4 is 151 Å². The molecule has 3 fully saturated rings. The average Bonchev–Trinajstić information content (AvgIpc) is 1.26. The van der Waals surface area contributed by atoms with Crippen LogP contribution in [0.2, 0.25) is 0 Å². The predicted octanol–water partition coefficient (Wildman–Crippen LogP) is -2.63. The summed E-state index contributed by atoms with van der Waals surface area (Å²) in [6, 6.07) is -6.07. The number of thioether (sulfide) groups is 1. The molecule has 140 heavy (non-hydrogen) atoms. The third-order valence-corrected chi connectivity index (χ3v) is 27.0. The lowest BCUT2D eigenvalue weighted by atomic mass is 9.99. The van der Waals surface area contributed by atoms with Gasteiger partial charge in [0.25, 0.3) is 10.9 Å². The minimum absolute atomic E-state index is 0.0339. The number of fused-ring (bicyclic) bond motifs is 9. The molecule has 5 aliphatic heterocycles. The van der Waals surface area contributed by atoms with Gasteiger partial charge >= 0.3 is 5.97 Å². The number of nitrogens with two attached hydrogens (primary N) is 2. The summed E-state index contributed by atoms with van der Waals surface area (Å²) >= 11 is 0.721. The molecule has 15 atom stereocenters. The number of hydrogen-bond acceptors (Lipinski definition) is 25. The Morgan fingerprint density at radius 3 is 1.79 bits per heavy atom. The van der Waals surface area contributed by atoms with Gasteiger partial charge in [0.2, 0.25) is 100 Å². The van der Waals surface area contributed by atoms with Crippen LogP contribution < -0.4 is 85.7 Å². The van der Waals surface area contributed by atoms with Crippen molar-refractivity contribution in [2.45, 2.75) is 242 Å². The number of amides is 17. The fraction of sp³-hybridized carbons (Fsp3) is 0.537. The van der Waals surface area contributed by atoms with E-state index >= 15 is 67.1 Å². The molecule has 3 saturated heterocycles. The Bertz CT molecular complexity index is 5720. The molecule has 2 aromatic heterocycles. The number of anilines is 2. The number of carboxylic acid groups (broad SMARTS) is 1. The van der Waals surface area contributed by atoms with Crippen LogP contribution in [0, 0.1) is 11.8 Å². The minimum atomic E-state index is -2.21. The van der Waals surface area contributed by atoms with Gasteiger partial charge in [-0.2, -0.15) is 0 Å². The zero-order valence-corrected chi connectivity index (χ0v) is 80.6. The Balaban J connectivity index is 1.17. The van der Waals surface area contributed by atoms with Crippen LogP contribution in [0.1, 0.15) is 142 Å². The third kappa shape index (κ3) is 26.5. The van der Waals surface area contributed by atoms with Crippen molar-refractivity contribution in [1.29, 1.82) is 0 Å². The van der Waals surface area contributed by atoms with Crippen LogP contribution in [0.5, 0.6) is 5.75 Å². The van der Waals surface area contributed by atoms with Gasteiger partial charge in [-0.05, 0) is 97.7 Å². The maximum Gasteiger partial charge on any atom is 0.323 e. The zero-order chi connectivity index (χ0) is 102. The molecule has 5 aliphatic rings. The number of rotatable bonds is 23. The van der Waals surface area contributed by atoms with Crippen LogP contribution in [0.3, 0.4) is 0 Å². The molecule has 756 valence electrons. The van der Waals surface area contributed by atoms with E-state index in [0.717, 1.165) is 48.2 Å². The predicted molar refractivity (Wildman–Crippen MR) is 513 cm³/mol. The molecule has 0 radical (unpaired) electrons. The number of phenolic OH excluding ortho intramolecular Hbond substituents is 1. The van der Waals surface area contributed by atoms with Crippen molar-refractivity contribution < 1.29 is 102 Å². The normalized spacial score (nSPS) is 25.2. The van der Waals surface area contributed by atoms with E-state index in [1.165, 1.54) is 49.1 Å². The molecular formula is C95H127N21O23S. The zero-order valence-electron chi connectivity index (χ0n) is 79.8. The number of aromatic nitrogens is 2. The molecule has 4 bridgehead atoms. The second kappa shape index (κ2) is 48.0. The molecule has 0 spiro atoms. The first kappa shape index (κ1) is 106. The Morgan fingerprint density at radius 1 is 0.536 bits per heavy atom. The van der Waals surface area contributed by atoms with Crippen LogP contribution in [0.25, 0.3) is 21.8 Å². The number of aromatic amines is 1. The quantitative estimate of drug-likeness (QED) is 0.0292. The Labute approximate surface area is 811 Å². The number of hydrogen-bond donors (Lipinski definition) is 17. The molecule has 44 nitrogen and oxygen atoms in total. The molecule has 4 aromatic carbocycles. The van der Waals surface area contributed by atoms with Crippen LogP contribution in [-0.2, 0) is 112 Å².